The quantitative estimate of drug-likeness (QED) is 0.533. The van der Waals surface area contributed by atoms with Crippen LogP contribution in [0.4, 0.5) is 0 Å². The fourth-order valence-corrected chi connectivity index (χ4v) is 2.92. The summed E-state index contributed by atoms with van der Waals surface area (Å²) >= 11 is 0. The molecule has 0 aliphatic rings. The molecular weight excluding hydrogens is 334 g/mol. The lowest BCUT2D eigenvalue weighted by atomic mass is 10.1. The smallest absolute Gasteiger partial charge is 0.191 e. The van der Waals surface area contributed by atoms with Crippen LogP contribution >= 0.6 is 0 Å². The molecular formula is C22H29N5. The van der Waals surface area contributed by atoms with Crippen molar-refractivity contribution in [3.05, 3.63) is 66.0 Å². The molecule has 2 N–H and O–H groups in total. The number of imidazole rings is 1. The van der Waals surface area contributed by atoms with Gasteiger partial charge in [-0.1, -0.05) is 36.4 Å². The lowest BCUT2D eigenvalue weighted by Crippen LogP contribution is -2.47. The van der Waals surface area contributed by atoms with Gasteiger partial charge in [0.05, 0.1) is 23.9 Å². The van der Waals surface area contributed by atoms with Gasteiger partial charge in [-0.15, -0.1) is 0 Å². The highest BCUT2D eigenvalue weighted by atomic mass is 15.2. The lowest BCUT2D eigenvalue weighted by molar-refractivity contribution is 0.501. The third kappa shape index (κ3) is 5.33. The summed E-state index contributed by atoms with van der Waals surface area (Å²) in [5, 5.41) is 6.71. The molecule has 1 aromatic heterocycles. The number of aliphatic imine (C=N–C) groups is 1. The monoisotopic (exact) mass is 363 g/mol. The number of hydrogen-bond donors (Lipinski definition) is 2. The molecule has 0 saturated heterocycles. The van der Waals surface area contributed by atoms with Crippen LogP contribution in [0.3, 0.4) is 0 Å². The summed E-state index contributed by atoms with van der Waals surface area (Å²) in [5.41, 5.74) is 4.63. The average Bonchev–Trinajstić information content (AvgIpc) is 3.03. The van der Waals surface area contributed by atoms with Crippen LogP contribution in [-0.2, 0) is 13.1 Å². The minimum atomic E-state index is -0.0154. The first kappa shape index (κ1) is 19.0. The Morgan fingerprint density at radius 1 is 1.04 bits per heavy atom. The number of guanidine groups is 1. The number of para-hydroxylation sites is 2. The van der Waals surface area contributed by atoms with Crippen molar-refractivity contribution in [2.45, 2.75) is 46.3 Å². The highest BCUT2D eigenvalue weighted by Crippen LogP contribution is 2.15. The minimum Gasteiger partial charge on any atom is -0.357 e. The molecule has 0 atom stereocenters. The van der Waals surface area contributed by atoms with Crippen molar-refractivity contribution in [3.63, 3.8) is 0 Å². The summed E-state index contributed by atoms with van der Waals surface area (Å²) in [6.07, 6.45) is 1.91. The number of aromatic nitrogens is 2. The molecule has 0 spiro atoms. The number of rotatable bonds is 5. The molecule has 27 heavy (non-hydrogen) atoms. The van der Waals surface area contributed by atoms with E-state index < -0.39 is 0 Å². The van der Waals surface area contributed by atoms with Crippen LogP contribution in [0.25, 0.3) is 11.0 Å². The van der Waals surface area contributed by atoms with Crippen molar-refractivity contribution in [1.29, 1.82) is 0 Å². The molecule has 0 bridgehead atoms. The molecule has 2 aromatic carbocycles. The second-order valence-electron chi connectivity index (χ2n) is 7.75. The van der Waals surface area contributed by atoms with Gasteiger partial charge < -0.3 is 15.2 Å². The Hall–Kier alpha value is -2.82. The van der Waals surface area contributed by atoms with E-state index in [-0.39, 0.29) is 5.54 Å². The molecule has 5 nitrogen and oxygen atoms in total. The third-order valence-corrected chi connectivity index (χ3v) is 4.16. The second kappa shape index (κ2) is 8.25. The third-order valence-electron chi connectivity index (χ3n) is 4.16. The predicted molar refractivity (Wildman–Crippen MR) is 113 cm³/mol. The predicted octanol–water partition coefficient (Wildman–Crippen LogP) is 3.94. The summed E-state index contributed by atoms with van der Waals surface area (Å²) < 4.78 is 2.18. The van der Waals surface area contributed by atoms with Crippen molar-refractivity contribution in [1.82, 2.24) is 20.2 Å². The number of benzene rings is 2. The molecule has 142 valence electrons. The van der Waals surface area contributed by atoms with Crippen LogP contribution in [0, 0.1) is 0 Å². The van der Waals surface area contributed by atoms with Crippen molar-refractivity contribution < 1.29 is 0 Å². The van der Waals surface area contributed by atoms with Crippen molar-refractivity contribution in [2.75, 3.05) is 6.54 Å². The van der Waals surface area contributed by atoms with E-state index in [1.807, 2.05) is 18.5 Å². The first-order valence-electron chi connectivity index (χ1n) is 9.49. The Bertz CT molecular complexity index is 900. The van der Waals surface area contributed by atoms with Gasteiger partial charge in [0, 0.05) is 18.6 Å². The van der Waals surface area contributed by atoms with Gasteiger partial charge in [0.2, 0.25) is 0 Å². The first-order valence-corrected chi connectivity index (χ1v) is 9.49. The summed E-state index contributed by atoms with van der Waals surface area (Å²) in [6, 6.07) is 16.9. The van der Waals surface area contributed by atoms with E-state index in [1.165, 1.54) is 11.1 Å². The molecule has 5 heteroatoms. The van der Waals surface area contributed by atoms with Gasteiger partial charge in [-0.2, -0.15) is 0 Å². The molecule has 0 aliphatic carbocycles. The Morgan fingerprint density at radius 3 is 2.44 bits per heavy atom. The normalized spacial score (nSPS) is 12.4. The van der Waals surface area contributed by atoms with Crippen LogP contribution in [0.1, 0.15) is 38.8 Å². The topological polar surface area (TPSA) is 54.2 Å². The van der Waals surface area contributed by atoms with E-state index in [1.54, 1.807) is 0 Å². The van der Waals surface area contributed by atoms with Gasteiger partial charge in [0.25, 0.3) is 0 Å². The molecule has 3 aromatic rings. The number of nitrogens with zero attached hydrogens (tertiary/aromatic N) is 3. The summed E-state index contributed by atoms with van der Waals surface area (Å²) in [7, 11) is 0. The van der Waals surface area contributed by atoms with E-state index in [9.17, 15) is 0 Å². The first-order chi connectivity index (χ1) is 12.9. The summed E-state index contributed by atoms with van der Waals surface area (Å²) in [6.45, 7) is 10.8. The molecule has 0 radical (unpaired) electrons. The zero-order valence-electron chi connectivity index (χ0n) is 16.7. The van der Waals surface area contributed by atoms with Gasteiger partial charge >= 0.3 is 0 Å². The SMILES string of the molecule is CCNC(=NCc1ccc(Cn2cnc3ccccc32)cc1)NC(C)(C)C. The van der Waals surface area contributed by atoms with Gasteiger partial charge in [-0.3, -0.25) is 0 Å². The van der Waals surface area contributed by atoms with E-state index in [4.69, 9.17) is 4.99 Å². The molecule has 0 fully saturated rings. The Kier molecular flexibility index (Phi) is 5.79. The van der Waals surface area contributed by atoms with Crippen LogP contribution in [0.5, 0.6) is 0 Å². The van der Waals surface area contributed by atoms with Crippen molar-refractivity contribution in [3.8, 4) is 0 Å². The van der Waals surface area contributed by atoms with E-state index in [0.717, 1.165) is 30.1 Å². The van der Waals surface area contributed by atoms with Gasteiger partial charge in [0.15, 0.2) is 5.96 Å². The zero-order chi connectivity index (χ0) is 19.3. The van der Waals surface area contributed by atoms with Crippen LogP contribution in [-0.4, -0.2) is 27.6 Å². The van der Waals surface area contributed by atoms with Gasteiger partial charge in [0.1, 0.15) is 0 Å². The average molecular weight is 364 g/mol. The Balaban J connectivity index is 1.67. The fourth-order valence-electron chi connectivity index (χ4n) is 2.92. The maximum Gasteiger partial charge on any atom is 0.191 e. The number of hydrogen-bond acceptors (Lipinski definition) is 2. The van der Waals surface area contributed by atoms with Gasteiger partial charge in [-0.25, -0.2) is 9.98 Å². The van der Waals surface area contributed by atoms with E-state index in [2.05, 4.69) is 84.3 Å². The molecule has 1 heterocycles. The van der Waals surface area contributed by atoms with Crippen LogP contribution in [0.15, 0.2) is 59.9 Å². The highest BCUT2D eigenvalue weighted by Gasteiger charge is 2.11. The van der Waals surface area contributed by atoms with E-state index in [0.29, 0.717) is 6.54 Å². The fraction of sp³-hybridized carbons (Fsp3) is 0.364. The molecule has 0 unspecified atom stereocenters. The van der Waals surface area contributed by atoms with Crippen LogP contribution in [0.2, 0.25) is 0 Å². The molecule has 0 aliphatic heterocycles. The molecule has 3 rings (SSSR count). The van der Waals surface area contributed by atoms with Crippen LogP contribution < -0.4 is 10.6 Å². The van der Waals surface area contributed by atoms with Crippen molar-refractivity contribution in [2.24, 2.45) is 4.99 Å². The summed E-state index contributed by atoms with van der Waals surface area (Å²) in [4.78, 5) is 9.15. The highest BCUT2D eigenvalue weighted by molar-refractivity contribution is 5.80. The second-order valence-corrected chi connectivity index (χ2v) is 7.75. The summed E-state index contributed by atoms with van der Waals surface area (Å²) in [5.74, 6) is 0.846. The number of nitrogens with one attached hydrogen (secondary N) is 2. The minimum absolute atomic E-state index is 0.0154. The lowest BCUT2D eigenvalue weighted by Gasteiger charge is -2.23. The zero-order valence-corrected chi connectivity index (χ0v) is 16.7. The molecule has 0 saturated carbocycles. The maximum absolute atomic E-state index is 4.69. The maximum atomic E-state index is 4.69. The largest absolute Gasteiger partial charge is 0.357 e. The van der Waals surface area contributed by atoms with E-state index >= 15 is 0 Å². The Labute approximate surface area is 161 Å². The van der Waals surface area contributed by atoms with Crippen molar-refractivity contribution >= 4 is 17.0 Å². The molecule has 0 amide bonds. The van der Waals surface area contributed by atoms with Gasteiger partial charge in [-0.05, 0) is 51.0 Å². The number of fused-ring (bicyclic) bond motifs is 1. The Morgan fingerprint density at radius 2 is 1.74 bits per heavy atom. The standard InChI is InChI=1S/C22H29N5/c1-5-23-21(26-22(2,3)4)24-14-17-10-12-18(13-11-17)15-27-16-25-19-8-6-7-9-20(19)27/h6-13,16H,5,14-15H2,1-4H3,(H2,23,24,26).